The van der Waals surface area contributed by atoms with E-state index in [1.54, 1.807) is 19.2 Å². The number of hydrogen-bond donors (Lipinski definition) is 2. The predicted molar refractivity (Wildman–Crippen MR) is 87.6 cm³/mol. The normalized spacial score (nSPS) is 16.9. The topological polar surface area (TPSA) is 88.6 Å². The maximum atomic E-state index is 12.7. The van der Waals surface area contributed by atoms with Gasteiger partial charge in [-0.2, -0.15) is 0 Å². The van der Waals surface area contributed by atoms with E-state index < -0.39 is 23.8 Å². The van der Waals surface area contributed by atoms with Crippen LogP contribution in [0.4, 0.5) is 0 Å². The Morgan fingerprint density at radius 3 is 2.20 bits per heavy atom. The summed E-state index contributed by atoms with van der Waals surface area (Å²) in [6.07, 6.45) is 0. The number of rotatable bonds is 3. The van der Waals surface area contributed by atoms with E-state index in [2.05, 4.69) is 29.8 Å². The van der Waals surface area contributed by atoms with Crippen LogP contribution in [0.25, 0.3) is 0 Å². The van der Waals surface area contributed by atoms with Crippen molar-refractivity contribution in [1.82, 2.24) is 4.98 Å². The highest BCUT2D eigenvalue weighted by atomic mass is 32.2. The van der Waals surface area contributed by atoms with E-state index >= 15 is 0 Å². The summed E-state index contributed by atoms with van der Waals surface area (Å²) in [5.74, 6) is 0. The van der Waals surface area contributed by atoms with Crippen LogP contribution in [0, 0.1) is 0 Å². The van der Waals surface area contributed by atoms with Crippen LogP contribution in [0.15, 0.2) is 14.4 Å². The van der Waals surface area contributed by atoms with Gasteiger partial charge in [0.15, 0.2) is 13.3 Å². The van der Waals surface area contributed by atoms with Crippen molar-refractivity contribution in [1.29, 1.82) is 0 Å². The van der Waals surface area contributed by atoms with Gasteiger partial charge in [0.05, 0.1) is 0 Å². The van der Waals surface area contributed by atoms with Crippen molar-refractivity contribution in [2.75, 3.05) is 0 Å². The molecule has 0 saturated carbocycles. The summed E-state index contributed by atoms with van der Waals surface area (Å²) in [6.45, 7) is 13.6. The van der Waals surface area contributed by atoms with E-state index in [4.69, 9.17) is 5.14 Å². The van der Waals surface area contributed by atoms with Gasteiger partial charge in [0, 0.05) is 5.38 Å². The third-order valence-corrected chi connectivity index (χ3v) is 12.2. The van der Waals surface area contributed by atoms with Crippen molar-refractivity contribution >= 4 is 29.5 Å². The lowest BCUT2D eigenvalue weighted by Gasteiger charge is -2.32. The third-order valence-electron chi connectivity index (χ3n) is 3.51. The molecule has 1 atom stereocenters. The molecule has 20 heavy (non-hydrogen) atoms. The first-order valence-electron chi connectivity index (χ1n) is 6.41. The average Bonchev–Trinajstić information content (AvgIpc) is 2.61. The standard InChI is InChI=1S/C12H25N3O2S2Si/c1-11(2,3)20(6,7)15-19(13,17)9-8-18-10(14-9)12(4,5)16/h8,16H,1-7H3,(H2,13,15,17). The molecule has 0 aliphatic heterocycles. The zero-order chi connectivity index (χ0) is 16.0. The molecule has 3 N–H and O–H groups in total. The first kappa shape index (κ1) is 17.8. The highest BCUT2D eigenvalue weighted by molar-refractivity contribution is 7.92. The van der Waals surface area contributed by atoms with E-state index in [1.165, 1.54) is 11.3 Å². The Bertz CT molecular complexity index is 603. The van der Waals surface area contributed by atoms with Crippen LogP contribution in [0.3, 0.4) is 0 Å². The van der Waals surface area contributed by atoms with Gasteiger partial charge in [0.1, 0.15) is 20.5 Å². The summed E-state index contributed by atoms with van der Waals surface area (Å²) in [6, 6.07) is 0. The van der Waals surface area contributed by atoms with Crippen molar-refractivity contribution in [3.05, 3.63) is 10.4 Å². The average molecular weight is 336 g/mol. The Hall–Kier alpha value is -0.283. The molecule has 0 fully saturated rings. The molecule has 0 bridgehead atoms. The molecular weight excluding hydrogens is 310 g/mol. The van der Waals surface area contributed by atoms with Crippen LogP contribution in [0.5, 0.6) is 0 Å². The van der Waals surface area contributed by atoms with Gasteiger partial charge in [-0.15, -0.1) is 11.3 Å². The lowest BCUT2D eigenvalue weighted by atomic mass is 10.2. The van der Waals surface area contributed by atoms with Gasteiger partial charge in [0.2, 0.25) is 0 Å². The van der Waals surface area contributed by atoms with Crippen molar-refractivity contribution in [3.63, 3.8) is 0 Å². The molecule has 0 amide bonds. The second-order valence-corrected chi connectivity index (χ2v) is 14.8. The number of hydrogen-bond acceptors (Lipinski definition) is 5. The second-order valence-electron chi connectivity index (χ2n) is 7.02. The molecule has 1 unspecified atom stereocenters. The fourth-order valence-corrected chi connectivity index (χ4v) is 7.06. The molecule has 0 aliphatic rings. The summed E-state index contributed by atoms with van der Waals surface area (Å²) < 4.78 is 17.2. The van der Waals surface area contributed by atoms with Crippen molar-refractivity contribution in [2.24, 2.45) is 9.17 Å². The number of thiazole rings is 1. The third kappa shape index (κ3) is 3.88. The summed E-state index contributed by atoms with van der Waals surface area (Å²) in [4.78, 5) is 4.22. The van der Waals surface area contributed by atoms with Crippen LogP contribution < -0.4 is 5.14 Å². The van der Waals surface area contributed by atoms with Gasteiger partial charge in [0.25, 0.3) is 0 Å². The first-order valence-corrected chi connectivity index (χ1v) is 11.8. The molecular formula is C12H25N3O2S2Si. The minimum absolute atomic E-state index is 0.0376. The molecule has 0 spiro atoms. The highest BCUT2D eigenvalue weighted by Crippen LogP contribution is 2.38. The Morgan fingerprint density at radius 2 is 1.85 bits per heavy atom. The maximum Gasteiger partial charge on any atom is 0.195 e. The Morgan fingerprint density at radius 1 is 1.35 bits per heavy atom. The SMILES string of the molecule is CC(C)(O)c1nc(S(N)(=O)=N[Si](C)(C)C(C)(C)C)cs1. The molecule has 116 valence electrons. The number of nitrogens with zero attached hydrogens (tertiary/aromatic N) is 2. The van der Waals surface area contributed by atoms with Crippen LogP contribution in [0.2, 0.25) is 18.1 Å². The molecule has 8 heteroatoms. The van der Waals surface area contributed by atoms with Crippen LogP contribution >= 0.6 is 11.3 Å². The minimum Gasteiger partial charge on any atom is -0.383 e. The van der Waals surface area contributed by atoms with Crippen LogP contribution in [0.1, 0.15) is 39.6 Å². The highest BCUT2D eigenvalue weighted by Gasteiger charge is 2.37. The maximum absolute atomic E-state index is 12.7. The van der Waals surface area contributed by atoms with Crippen LogP contribution in [-0.4, -0.2) is 22.5 Å². The number of nitrogens with two attached hydrogens (primary N) is 1. The van der Waals surface area contributed by atoms with Crippen LogP contribution in [-0.2, 0) is 15.5 Å². The fraction of sp³-hybridized carbons (Fsp3) is 0.750. The number of aliphatic hydroxyl groups is 1. The Kier molecular flexibility index (Phi) is 4.59. The minimum atomic E-state index is -3.02. The van der Waals surface area contributed by atoms with Gasteiger partial charge >= 0.3 is 0 Å². The summed E-state index contributed by atoms with van der Waals surface area (Å²) >= 11 is 1.25. The second kappa shape index (κ2) is 5.17. The van der Waals surface area contributed by atoms with E-state index in [0.29, 0.717) is 5.01 Å². The van der Waals surface area contributed by atoms with Gasteiger partial charge in [-0.25, -0.2) is 14.3 Å². The largest absolute Gasteiger partial charge is 0.383 e. The molecule has 5 nitrogen and oxygen atoms in total. The molecule has 0 aliphatic carbocycles. The van der Waals surface area contributed by atoms with Gasteiger partial charge in [-0.3, -0.25) is 4.03 Å². The molecule has 1 heterocycles. The summed E-state index contributed by atoms with van der Waals surface area (Å²) in [7, 11) is -5.15. The molecule has 0 radical (unpaired) electrons. The predicted octanol–water partition coefficient (Wildman–Crippen LogP) is 3.08. The lowest BCUT2D eigenvalue weighted by molar-refractivity contribution is 0.0778. The smallest absolute Gasteiger partial charge is 0.195 e. The van der Waals surface area contributed by atoms with E-state index in [-0.39, 0.29) is 10.1 Å². The molecule has 1 aromatic rings. The Balaban J connectivity index is 3.31. The zero-order valence-corrected chi connectivity index (χ0v) is 15.9. The summed E-state index contributed by atoms with van der Waals surface area (Å²) in [5, 5.41) is 18.2. The fourth-order valence-electron chi connectivity index (χ4n) is 1.20. The quantitative estimate of drug-likeness (QED) is 0.832. The molecule has 1 aromatic heterocycles. The van der Waals surface area contributed by atoms with Gasteiger partial charge in [-0.05, 0) is 32.0 Å². The van der Waals surface area contributed by atoms with Crippen molar-refractivity contribution < 1.29 is 9.32 Å². The molecule has 0 aromatic carbocycles. The Labute approximate surface area is 127 Å². The van der Waals surface area contributed by atoms with E-state index in [1.807, 2.05) is 13.1 Å². The zero-order valence-electron chi connectivity index (χ0n) is 13.2. The summed E-state index contributed by atoms with van der Waals surface area (Å²) in [5.41, 5.74) is -1.06. The van der Waals surface area contributed by atoms with Gasteiger partial charge < -0.3 is 5.11 Å². The van der Waals surface area contributed by atoms with E-state index in [9.17, 15) is 9.32 Å². The lowest BCUT2D eigenvalue weighted by Crippen LogP contribution is -2.37. The monoisotopic (exact) mass is 335 g/mol. The first-order chi connectivity index (χ1) is 8.67. The molecule has 0 saturated heterocycles. The number of aromatic nitrogens is 1. The molecule has 1 rings (SSSR count). The van der Waals surface area contributed by atoms with Gasteiger partial charge in [-0.1, -0.05) is 20.8 Å². The van der Waals surface area contributed by atoms with Crippen molar-refractivity contribution in [3.8, 4) is 0 Å². The van der Waals surface area contributed by atoms with E-state index in [0.717, 1.165) is 0 Å². The van der Waals surface area contributed by atoms with Crippen molar-refractivity contribution in [2.45, 2.75) is 63.4 Å².